The molecule has 0 saturated carbocycles. The number of rotatable bonds is 5. The molecule has 0 spiro atoms. The van der Waals surface area contributed by atoms with Crippen molar-refractivity contribution in [2.24, 2.45) is 11.7 Å². The maximum absolute atomic E-state index is 11.5. The molecule has 1 fully saturated rings. The number of piperidine rings is 1. The molecule has 5 nitrogen and oxygen atoms in total. The summed E-state index contributed by atoms with van der Waals surface area (Å²) in [6.45, 7) is 8.10. The van der Waals surface area contributed by atoms with Gasteiger partial charge in [0.2, 0.25) is 5.91 Å². The fourth-order valence-electron chi connectivity index (χ4n) is 2.59. The zero-order valence-corrected chi connectivity index (χ0v) is 14.4. The molecule has 1 aliphatic heterocycles. The van der Waals surface area contributed by atoms with Crippen molar-refractivity contribution in [3.05, 3.63) is 11.1 Å². The number of thiazole rings is 1. The van der Waals surface area contributed by atoms with E-state index in [1.807, 2.05) is 6.92 Å². The number of amides is 1. The normalized spacial score (nSPS) is 16.5. The van der Waals surface area contributed by atoms with E-state index in [9.17, 15) is 4.79 Å². The first kappa shape index (κ1) is 18.4. The van der Waals surface area contributed by atoms with E-state index in [4.69, 9.17) is 5.73 Å². The van der Waals surface area contributed by atoms with E-state index in [-0.39, 0.29) is 18.3 Å². The lowest BCUT2D eigenvalue weighted by atomic mass is 9.97. The lowest BCUT2D eigenvalue weighted by molar-refractivity contribution is -0.116. The molecule has 2 rings (SSSR count). The van der Waals surface area contributed by atoms with Crippen molar-refractivity contribution < 1.29 is 4.79 Å². The van der Waals surface area contributed by atoms with Gasteiger partial charge in [0.1, 0.15) is 0 Å². The topological polar surface area (TPSA) is 62.5 Å². The van der Waals surface area contributed by atoms with Gasteiger partial charge in [0, 0.05) is 25.4 Å². The first-order chi connectivity index (χ1) is 9.63. The highest BCUT2D eigenvalue weighted by atomic mass is 35.5. The number of carbonyl (C=O) groups excluding carboxylic acids is 1. The number of carbonyl (C=O) groups is 1. The Morgan fingerprint density at radius 1 is 1.52 bits per heavy atom. The van der Waals surface area contributed by atoms with Gasteiger partial charge in [0.15, 0.2) is 5.13 Å². The third kappa shape index (κ3) is 4.92. The minimum atomic E-state index is 0. The molecule has 1 amide bonds. The van der Waals surface area contributed by atoms with Crippen molar-refractivity contribution in [2.75, 3.05) is 31.1 Å². The van der Waals surface area contributed by atoms with Crippen LogP contribution in [0.15, 0.2) is 5.38 Å². The standard InChI is InChI=1S/C14H24N4OS.ClH/c1-3-18(11(2)19)14-16-13(10-20-14)9-17-6-4-12(8-15)5-7-17;/h10,12H,3-9,15H2,1-2H3;1H. The van der Waals surface area contributed by atoms with Crippen LogP contribution in [0.3, 0.4) is 0 Å². The molecule has 7 heteroatoms. The second kappa shape index (κ2) is 8.68. The number of anilines is 1. The molecule has 1 aromatic heterocycles. The summed E-state index contributed by atoms with van der Waals surface area (Å²) in [5, 5.41) is 2.88. The maximum Gasteiger partial charge on any atom is 0.225 e. The first-order valence-electron chi connectivity index (χ1n) is 7.29. The molecular weight excluding hydrogens is 308 g/mol. The molecule has 120 valence electrons. The molecule has 0 aromatic carbocycles. The van der Waals surface area contributed by atoms with Gasteiger partial charge in [0.05, 0.1) is 5.69 Å². The van der Waals surface area contributed by atoms with Crippen molar-refractivity contribution in [3.63, 3.8) is 0 Å². The lowest BCUT2D eigenvalue weighted by Gasteiger charge is -2.30. The van der Waals surface area contributed by atoms with E-state index in [2.05, 4.69) is 15.3 Å². The number of halogens is 1. The Balaban J connectivity index is 0.00000220. The van der Waals surface area contributed by atoms with Crippen LogP contribution >= 0.6 is 23.7 Å². The molecular formula is C14H25ClN4OS. The largest absolute Gasteiger partial charge is 0.330 e. The number of hydrogen-bond donors (Lipinski definition) is 1. The van der Waals surface area contributed by atoms with Crippen LogP contribution in [0.4, 0.5) is 5.13 Å². The third-order valence-electron chi connectivity index (χ3n) is 3.89. The number of likely N-dealkylation sites (tertiary alicyclic amines) is 1. The number of nitrogens with zero attached hydrogens (tertiary/aromatic N) is 3. The molecule has 2 N–H and O–H groups in total. The second-order valence-electron chi connectivity index (χ2n) is 5.34. The Kier molecular flexibility index (Phi) is 7.59. The van der Waals surface area contributed by atoms with Gasteiger partial charge < -0.3 is 5.73 Å². The fraction of sp³-hybridized carbons (Fsp3) is 0.714. The van der Waals surface area contributed by atoms with E-state index in [1.165, 1.54) is 12.8 Å². The van der Waals surface area contributed by atoms with E-state index in [1.54, 1.807) is 23.2 Å². The van der Waals surface area contributed by atoms with Gasteiger partial charge in [-0.15, -0.1) is 23.7 Å². The predicted molar refractivity (Wildman–Crippen MR) is 90.1 cm³/mol. The maximum atomic E-state index is 11.5. The summed E-state index contributed by atoms with van der Waals surface area (Å²) in [7, 11) is 0. The van der Waals surface area contributed by atoms with Crippen LogP contribution in [0.1, 0.15) is 32.4 Å². The molecule has 1 saturated heterocycles. The molecule has 0 unspecified atom stereocenters. The van der Waals surface area contributed by atoms with E-state index < -0.39 is 0 Å². The molecule has 0 aliphatic carbocycles. The molecule has 1 aromatic rings. The van der Waals surface area contributed by atoms with Gasteiger partial charge >= 0.3 is 0 Å². The Hall–Kier alpha value is -0.690. The van der Waals surface area contributed by atoms with Gasteiger partial charge in [-0.1, -0.05) is 0 Å². The number of nitrogens with two attached hydrogens (primary N) is 1. The van der Waals surface area contributed by atoms with E-state index in [0.29, 0.717) is 12.5 Å². The minimum Gasteiger partial charge on any atom is -0.330 e. The van der Waals surface area contributed by atoms with Crippen LogP contribution < -0.4 is 10.6 Å². The number of hydrogen-bond acceptors (Lipinski definition) is 5. The molecule has 0 atom stereocenters. The van der Waals surface area contributed by atoms with Gasteiger partial charge in [-0.05, 0) is 45.3 Å². The first-order valence-corrected chi connectivity index (χ1v) is 8.17. The molecule has 1 aliphatic rings. The Morgan fingerprint density at radius 3 is 2.71 bits per heavy atom. The van der Waals surface area contributed by atoms with Crippen molar-refractivity contribution >= 4 is 34.8 Å². The average molecular weight is 333 g/mol. The highest BCUT2D eigenvalue weighted by Crippen LogP contribution is 2.23. The van der Waals surface area contributed by atoms with E-state index >= 15 is 0 Å². The quantitative estimate of drug-likeness (QED) is 0.897. The van der Waals surface area contributed by atoms with Crippen molar-refractivity contribution in [3.8, 4) is 0 Å². The fourth-order valence-corrected chi connectivity index (χ4v) is 3.52. The molecule has 2 heterocycles. The summed E-state index contributed by atoms with van der Waals surface area (Å²) in [5.41, 5.74) is 6.78. The van der Waals surface area contributed by atoms with Gasteiger partial charge in [0.25, 0.3) is 0 Å². The minimum absolute atomic E-state index is 0. The number of aromatic nitrogens is 1. The summed E-state index contributed by atoms with van der Waals surface area (Å²) < 4.78 is 0. The summed E-state index contributed by atoms with van der Waals surface area (Å²) in [4.78, 5) is 20.3. The van der Waals surface area contributed by atoms with Crippen molar-refractivity contribution in [2.45, 2.75) is 33.2 Å². The van der Waals surface area contributed by atoms with Crippen LogP contribution in [-0.4, -0.2) is 42.0 Å². The van der Waals surface area contributed by atoms with Crippen molar-refractivity contribution in [1.29, 1.82) is 0 Å². The zero-order valence-electron chi connectivity index (χ0n) is 12.7. The average Bonchev–Trinajstić information content (AvgIpc) is 2.88. The van der Waals surface area contributed by atoms with Gasteiger partial charge in [-0.2, -0.15) is 0 Å². The SMILES string of the molecule is CCN(C(C)=O)c1nc(CN2CCC(CN)CC2)cs1.Cl. The van der Waals surface area contributed by atoms with Crippen molar-refractivity contribution in [1.82, 2.24) is 9.88 Å². The zero-order chi connectivity index (χ0) is 14.5. The Morgan fingerprint density at radius 2 is 2.19 bits per heavy atom. The predicted octanol–water partition coefficient (Wildman–Crippen LogP) is 2.11. The molecule has 0 radical (unpaired) electrons. The van der Waals surface area contributed by atoms with E-state index in [0.717, 1.165) is 37.0 Å². The highest BCUT2D eigenvalue weighted by Gasteiger charge is 2.19. The summed E-state index contributed by atoms with van der Waals surface area (Å²) in [6, 6.07) is 0. The smallest absolute Gasteiger partial charge is 0.225 e. The molecule has 21 heavy (non-hydrogen) atoms. The molecule has 0 bridgehead atoms. The summed E-state index contributed by atoms with van der Waals surface area (Å²) in [5.74, 6) is 0.739. The van der Waals surface area contributed by atoms with Crippen LogP contribution in [0.5, 0.6) is 0 Å². The third-order valence-corrected chi connectivity index (χ3v) is 4.81. The van der Waals surface area contributed by atoms with Crippen LogP contribution in [0, 0.1) is 5.92 Å². The lowest BCUT2D eigenvalue weighted by Crippen LogP contribution is -2.35. The van der Waals surface area contributed by atoms with Crippen LogP contribution in [-0.2, 0) is 11.3 Å². The summed E-state index contributed by atoms with van der Waals surface area (Å²) in [6.07, 6.45) is 2.37. The monoisotopic (exact) mass is 332 g/mol. The Labute approximate surface area is 136 Å². The van der Waals surface area contributed by atoms with Crippen LogP contribution in [0.25, 0.3) is 0 Å². The highest BCUT2D eigenvalue weighted by molar-refractivity contribution is 7.14. The Bertz CT molecular complexity index is 446. The van der Waals surface area contributed by atoms with Gasteiger partial charge in [-0.3, -0.25) is 14.6 Å². The summed E-state index contributed by atoms with van der Waals surface area (Å²) >= 11 is 1.55. The van der Waals surface area contributed by atoms with Gasteiger partial charge in [-0.25, -0.2) is 4.98 Å². The van der Waals surface area contributed by atoms with Crippen LogP contribution in [0.2, 0.25) is 0 Å². The second-order valence-corrected chi connectivity index (χ2v) is 6.18.